The van der Waals surface area contributed by atoms with Crippen molar-refractivity contribution in [3.05, 3.63) is 75.4 Å². The van der Waals surface area contributed by atoms with Gasteiger partial charge in [0.1, 0.15) is 0 Å². The molecule has 8 nitrogen and oxygen atoms in total. The molecule has 1 fully saturated rings. The number of nitrogens with zero attached hydrogens (tertiary/aromatic N) is 2. The molecule has 0 atom stereocenters. The molecule has 0 saturated heterocycles. The number of pyridine rings is 1. The van der Waals surface area contributed by atoms with E-state index in [0.717, 1.165) is 19.3 Å². The average Bonchev–Trinajstić information content (AvgIpc) is 2.78. The number of amides is 1. The summed E-state index contributed by atoms with van der Waals surface area (Å²) in [6.45, 7) is 3.35. The number of hydrogen-bond acceptors (Lipinski definition) is 7. The van der Waals surface area contributed by atoms with Gasteiger partial charge in [0.05, 0.1) is 17.2 Å². The van der Waals surface area contributed by atoms with Crippen LogP contribution in [0.2, 0.25) is 10.0 Å². The molecule has 194 valence electrons. The summed E-state index contributed by atoms with van der Waals surface area (Å²) in [6.07, 6.45) is 0.733. The molecule has 0 radical (unpaired) electrons. The fraction of sp³-hybridized carbons (Fsp3) is 0.296. The predicted molar refractivity (Wildman–Crippen MR) is 140 cm³/mol. The second kappa shape index (κ2) is 10.8. The van der Waals surface area contributed by atoms with Crippen molar-refractivity contribution in [3.63, 3.8) is 0 Å². The highest BCUT2D eigenvalue weighted by atomic mass is 35.5. The zero-order valence-corrected chi connectivity index (χ0v) is 21.8. The highest BCUT2D eigenvalue weighted by Gasteiger charge is 2.40. The van der Waals surface area contributed by atoms with Crippen molar-refractivity contribution < 1.29 is 29.6 Å². The Morgan fingerprint density at radius 3 is 2.43 bits per heavy atom. The van der Waals surface area contributed by atoms with Gasteiger partial charge in [0.25, 0.3) is 5.91 Å². The Morgan fingerprint density at radius 1 is 1.11 bits per heavy atom. The molecule has 0 bridgehead atoms. The van der Waals surface area contributed by atoms with Crippen molar-refractivity contribution in [1.82, 2.24) is 4.98 Å². The first kappa shape index (κ1) is 27.0. The third kappa shape index (κ3) is 5.79. The van der Waals surface area contributed by atoms with Gasteiger partial charge in [0, 0.05) is 27.9 Å². The Bertz CT molecular complexity index is 1330. The van der Waals surface area contributed by atoms with Crippen LogP contribution < -0.4 is 9.64 Å². The van der Waals surface area contributed by atoms with E-state index in [-0.39, 0.29) is 27.9 Å². The van der Waals surface area contributed by atoms with Crippen LogP contribution >= 0.6 is 23.2 Å². The number of aliphatic hydroxyl groups is 3. The fourth-order valence-electron chi connectivity index (χ4n) is 4.08. The summed E-state index contributed by atoms with van der Waals surface area (Å²) < 4.78 is 6.01. The van der Waals surface area contributed by atoms with Crippen LogP contribution in [-0.2, 0) is 0 Å². The minimum absolute atomic E-state index is 0.00766. The topological polar surface area (TPSA) is 120 Å². The minimum Gasteiger partial charge on any atom is -0.489 e. The average molecular weight is 545 g/mol. The Labute approximate surface area is 224 Å². The molecule has 3 N–H and O–H groups in total. The van der Waals surface area contributed by atoms with E-state index in [1.54, 1.807) is 37.3 Å². The molecule has 1 aliphatic rings. The molecule has 0 aliphatic heterocycles. The quantitative estimate of drug-likeness (QED) is 0.270. The summed E-state index contributed by atoms with van der Waals surface area (Å²) in [5.74, 6) is -1.19. The van der Waals surface area contributed by atoms with E-state index in [9.17, 15) is 24.9 Å². The number of Topliss-reactive ketones (excluding diaryl/α,β-unsaturated/α-hetero) is 1. The van der Waals surface area contributed by atoms with Gasteiger partial charge in [-0.25, -0.2) is 9.88 Å². The number of anilines is 1. The van der Waals surface area contributed by atoms with Gasteiger partial charge in [-0.05, 0) is 68.5 Å². The predicted octanol–water partition coefficient (Wildman–Crippen LogP) is 4.98. The molecule has 0 unspecified atom stereocenters. The van der Waals surface area contributed by atoms with Crippen LogP contribution in [0.3, 0.4) is 0 Å². The van der Waals surface area contributed by atoms with Crippen LogP contribution in [-0.4, -0.2) is 44.7 Å². The van der Waals surface area contributed by atoms with Crippen LogP contribution in [0, 0.1) is 12.8 Å². The van der Waals surface area contributed by atoms with Crippen molar-refractivity contribution in [2.45, 2.75) is 39.2 Å². The molecule has 4 rings (SSSR count). The van der Waals surface area contributed by atoms with Gasteiger partial charge in [-0.15, -0.1) is 0 Å². The van der Waals surface area contributed by atoms with E-state index >= 15 is 0 Å². The number of ether oxygens (including phenoxy) is 1. The molecule has 10 heteroatoms. The Hall–Kier alpha value is -3.01. The monoisotopic (exact) mass is 544 g/mol. The number of rotatable bonds is 8. The van der Waals surface area contributed by atoms with Gasteiger partial charge in [-0.2, -0.15) is 0 Å². The lowest BCUT2D eigenvalue weighted by Gasteiger charge is -2.32. The van der Waals surface area contributed by atoms with E-state index in [1.165, 1.54) is 25.3 Å². The lowest BCUT2D eigenvalue weighted by molar-refractivity contribution is -0.304. The number of benzene rings is 2. The fourth-order valence-corrected chi connectivity index (χ4v) is 4.61. The molecule has 1 saturated carbocycles. The SMILES string of the molecule is CC(=O)c1ccc(Cl)c(-c2cnc(N(C(=O)c3c(C)cccc3Cl)C(O)(O)O)c(OCC3CCC3)c2)c1. The van der Waals surface area contributed by atoms with Gasteiger partial charge in [-0.1, -0.05) is 41.8 Å². The second-order valence-corrected chi connectivity index (χ2v) is 9.89. The number of carbonyl (C=O) groups is 2. The molecule has 37 heavy (non-hydrogen) atoms. The first-order chi connectivity index (χ1) is 17.5. The number of carbonyl (C=O) groups excluding carboxylic acids is 2. The smallest absolute Gasteiger partial charge is 0.377 e. The van der Waals surface area contributed by atoms with E-state index in [4.69, 9.17) is 27.9 Å². The number of ketones is 1. The van der Waals surface area contributed by atoms with E-state index in [2.05, 4.69) is 4.98 Å². The van der Waals surface area contributed by atoms with Crippen LogP contribution in [0.15, 0.2) is 48.7 Å². The second-order valence-electron chi connectivity index (χ2n) is 9.08. The van der Waals surface area contributed by atoms with Crippen molar-refractivity contribution in [2.75, 3.05) is 11.5 Å². The summed E-state index contributed by atoms with van der Waals surface area (Å²) in [5.41, 5.74) is 1.80. The molecule has 2 aromatic carbocycles. The summed E-state index contributed by atoms with van der Waals surface area (Å²) >= 11 is 12.7. The first-order valence-electron chi connectivity index (χ1n) is 11.7. The van der Waals surface area contributed by atoms with Crippen molar-refractivity contribution in [3.8, 4) is 16.9 Å². The summed E-state index contributed by atoms with van der Waals surface area (Å²) in [6, 6.07) is 11.1. The van der Waals surface area contributed by atoms with Crippen LogP contribution in [0.5, 0.6) is 5.75 Å². The largest absolute Gasteiger partial charge is 0.489 e. The van der Waals surface area contributed by atoms with Gasteiger partial charge >= 0.3 is 6.10 Å². The lowest BCUT2D eigenvalue weighted by Crippen LogP contribution is -2.53. The molecule has 1 heterocycles. The third-order valence-corrected chi connectivity index (χ3v) is 7.01. The molecule has 1 amide bonds. The Balaban J connectivity index is 1.85. The van der Waals surface area contributed by atoms with Gasteiger partial charge in [0.15, 0.2) is 17.4 Å². The Kier molecular flexibility index (Phi) is 7.87. The third-order valence-electron chi connectivity index (χ3n) is 6.37. The van der Waals surface area contributed by atoms with Crippen LogP contribution in [0.4, 0.5) is 5.82 Å². The molecule has 1 aromatic heterocycles. The first-order valence-corrected chi connectivity index (χ1v) is 12.4. The van der Waals surface area contributed by atoms with Gasteiger partial charge in [-0.3, -0.25) is 9.59 Å². The van der Waals surface area contributed by atoms with Crippen molar-refractivity contribution in [2.24, 2.45) is 5.92 Å². The molecule has 0 spiro atoms. The molecule has 3 aromatic rings. The number of aryl methyl sites for hydroxylation is 1. The number of hydrogen-bond donors (Lipinski definition) is 3. The summed E-state index contributed by atoms with van der Waals surface area (Å²) in [4.78, 5) is 30.0. The van der Waals surface area contributed by atoms with Crippen LogP contribution in [0.25, 0.3) is 11.1 Å². The highest BCUT2D eigenvalue weighted by Crippen LogP contribution is 2.38. The lowest BCUT2D eigenvalue weighted by atomic mass is 9.86. The molecular weight excluding hydrogens is 519 g/mol. The van der Waals surface area contributed by atoms with Gasteiger partial charge in [0.2, 0.25) is 0 Å². The number of aromatic nitrogens is 1. The zero-order chi connectivity index (χ0) is 26.9. The zero-order valence-electron chi connectivity index (χ0n) is 20.2. The maximum atomic E-state index is 13.5. The van der Waals surface area contributed by atoms with E-state index < -0.39 is 12.0 Å². The van der Waals surface area contributed by atoms with Crippen molar-refractivity contribution in [1.29, 1.82) is 0 Å². The standard InChI is InChI=1S/C27H26Cl2N2O6/c1-15-5-3-8-22(29)24(15)26(33)31(27(34,35)36)25-23(37-14-17-6-4-7-17)12-19(13-30-25)20-11-18(16(2)32)9-10-21(20)28/h3,5,8-13,17,34-36H,4,6-7,14H2,1-2H3. The maximum Gasteiger partial charge on any atom is 0.377 e. The van der Waals surface area contributed by atoms with E-state index in [1.807, 2.05) is 0 Å². The van der Waals surface area contributed by atoms with Gasteiger partial charge < -0.3 is 20.1 Å². The Morgan fingerprint density at radius 2 is 1.84 bits per heavy atom. The minimum atomic E-state index is -3.63. The van der Waals surface area contributed by atoms with Crippen molar-refractivity contribution >= 4 is 40.7 Å². The summed E-state index contributed by atoms with van der Waals surface area (Å²) in [7, 11) is 0. The maximum absolute atomic E-state index is 13.5. The molecular formula is C27H26Cl2N2O6. The van der Waals surface area contributed by atoms with Crippen LogP contribution in [0.1, 0.15) is 52.5 Å². The highest BCUT2D eigenvalue weighted by molar-refractivity contribution is 6.35. The molecule has 1 aliphatic carbocycles. The number of halogens is 2. The normalized spacial score (nSPS) is 13.7. The summed E-state index contributed by atoms with van der Waals surface area (Å²) in [5, 5.41) is 31.2. The van der Waals surface area contributed by atoms with E-state index in [0.29, 0.717) is 44.7 Å².